The van der Waals surface area contributed by atoms with E-state index in [0.717, 1.165) is 11.8 Å². The van der Waals surface area contributed by atoms with Crippen molar-refractivity contribution in [1.82, 2.24) is 10.2 Å². The first-order valence-electron chi connectivity index (χ1n) is 8.19. The van der Waals surface area contributed by atoms with Crippen LogP contribution in [-0.2, 0) is 0 Å². The van der Waals surface area contributed by atoms with E-state index >= 15 is 0 Å². The van der Waals surface area contributed by atoms with Crippen LogP contribution in [0.5, 0.6) is 0 Å². The number of hydrogen-bond donors (Lipinski definition) is 1. The summed E-state index contributed by atoms with van der Waals surface area (Å²) >= 11 is 0. The molecule has 1 saturated carbocycles. The molecule has 2 nitrogen and oxygen atoms in total. The van der Waals surface area contributed by atoms with Crippen molar-refractivity contribution in [3.8, 4) is 0 Å². The molecule has 1 spiro atoms. The molecular formula is C16H30N2. The maximum atomic E-state index is 3.52. The second-order valence-electron chi connectivity index (χ2n) is 7.37. The molecule has 1 N–H and O–H groups in total. The van der Waals surface area contributed by atoms with Gasteiger partial charge in [0, 0.05) is 13.1 Å². The summed E-state index contributed by atoms with van der Waals surface area (Å²) in [6, 6.07) is 0. The average Bonchev–Trinajstić information content (AvgIpc) is 2.73. The highest BCUT2D eigenvalue weighted by atomic mass is 15.2. The van der Waals surface area contributed by atoms with Crippen LogP contribution in [0.1, 0.15) is 51.9 Å². The molecule has 2 atom stereocenters. The standard InChI is InChI=1S/C16H30N2/c1-14-3-2-4-15(11-14)12-18-10-7-16(13-18)5-8-17-9-6-16/h14-15,17H,2-13H2,1H3. The Kier molecular flexibility index (Phi) is 3.95. The number of hydrogen-bond acceptors (Lipinski definition) is 2. The molecule has 0 bridgehead atoms. The van der Waals surface area contributed by atoms with E-state index in [0.29, 0.717) is 5.41 Å². The molecule has 1 aliphatic carbocycles. The molecule has 3 rings (SSSR count). The number of piperidine rings is 1. The van der Waals surface area contributed by atoms with E-state index in [1.807, 2.05) is 0 Å². The lowest BCUT2D eigenvalue weighted by Gasteiger charge is -2.35. The monoisotopic (exact) mass is 250 g/mol. The van der Waals surface area contributed by atoms with Crippen molar-refractivity contribution in [3.63, 3.8) is 0 Å². The summed E-state index contributed by atoms with van der Waals surface area (Å²) in [6.45, 7) is 9.15. The van der Waals surface area contributed by atoms with Crippen molar-refractivity contribution in [2.45, 2.75) is 51.9 Å². The summed E-state index contributed by atoms with van der Waals surface area (Å²) in [7, 11) is 0. The Morgan fingerprint density at radius 1 is 1.17 bits per heavy atom. The molecule has 0 aromatic carbocycles. The molecule has 0 radical (unpaired) electrons. The van der Waals surface area contributed by atoms with Crippen molar-refractivity contribution in [3.05, 3.63) is 0 Å². The second-order valence-corrected chi connectivity index (χ2v) is 7.37. The molecule has 0 amide bonds. The largest absolute Gasteiger partial charge is 0.317 e. The van der Waals surface area contributed by atoms with Gasteiger partial charge < -0.3 is 10.2 Å². The van der Waals surface area contributed by atoms with E-state index in [1.165, 1.54) is 77.7 Å². The normalized spacial score (nSPS) is 37.2. The Balaban J connectivity index is 1.49. The van der Waals surface area contributed by atoms with Gasteiger partial charge in [0.15, 0.2) is 0 Å². The van der Waals surface area contributed by atoms with Crippen molar-refractivity contribution in [2.75, 3.05) is 32.7 Å². The molecule has 3 aliphatic rings. The van der Waals surface area contributed by atoms with Crippen LogP contribution in [0.15, 0.2) is 0 Å². The van der Waals surface area contributed by atoms with Crippen LogP contribution in [0.3, 0.4) is 0 Å². The van der Waals surface area contributed by atoms with Crippen LogP contribution in [0.4, 0.5) is 0 Å². The number of likely N-dealkylation sites (tertiary alicyclic amines) is 1. The van der Waals surface area contributed by atoms with Crippen LogP contribution in [0.25, 0.3) is 0 Å². The van der Waals surface area contributed by atoms with Gasteiger partial charge in [-0.2, -0.15) is 0 Å². The highest BCUT2D eigenvalue weighted by Crippen LogP contribution is 2.39. The highest BCUT2D eigenvalue weighted by Gasteiger charge is 2.39. The fraction of sp³-hybridized carbons (Fsp3) is 1.00. The summed E-state index contributed by atoms with van der Waals surface area (Å²) in [4.78, 5) is 2.80. The maximum absolute atomic E-state index is 3.52. The fourth-order valence-corrected chi connectivity index (χ4v) is 4.64. The zero-order valence-electron chi connectivity index (χ0n) is 12.1. The van der Waals surface area contributed by atoms with E-state index in [9.17, 15) is 0 Å². The molecule has 2 unspecified atom stereocenters. The lowest BCUT2D eigenvalue weighted by Crippen LogP contribution is -2.39. The first kappa shape index (κ1) is 12.9. The molecule has 2 saturated heterocycles. The number of nitrogens with one attached hydrogen (secondary N) is 1. The number of nitrogens with zero attached hydrogens (tertiary/aromatic N) is 1. The highest BCUT2D eigenvalue weighted by molar-refractivity contribution is 4.93. The van der Waals surface area contributed by atoms with Gasteiger partial charge in [0.1, 0.15) is 0 Å². The number of rotatable bonds is 2. The second kappa shape index (κ2) is 5.50. The SMILES string of the molecule is CC1CCCC(CN2CCC3(CCNCC3)C2)C1. The summed E-state index contributed by atoms with van der Waals surface area (Å²) in [5.74, 6) is 1.99. The molecule has 2 aliphatic heterocycles. The van der Waals surface area contributed by atoms with Gasteiger partial charge in [0.2, 0.25) is 0 Å². The topological polar surface area (TPSA) is 15.3 Å². The minimum atomic E-state index is 0.700. The summed E-state index contributed by atoms with van der Waals surface area (Å²) in [5.41, 5.74) is 0.700. The van der Waals surface area contributed by atoms with E-state index in [-0.39, 0.29) is 0 Å². The van der Waals surface area contributed by atoms with Gasteiger partial charge in [-0.15, -0.1) is 0 Å². The van der Waals surface area contributed by atoms with E-state index in [4.69, 9.17) is 0 Å². The summed E-state index contributed by atoms with van der Waals surface area (Å²) in [6.07, 6.45) is 10.3. The van der Waals surface area contributed by atoms with Crippen LogP contribution in [-0.4, -0.2) is 37.6 Å². The van der Waals surface area contributed by atoms with Gasteiger partial charge in [-0.1, -0.05) is 19.8 Å². The predicted molar refractivity (Wildman–Crippen MR) is 76.7 cm³/mol. The lowest BCUT2D eigenvalue weighted by atomic mass is 9.78. The van der Waals surface area contributed by atoms with E-state index in [1.54, 1.807) is 0 Å². The van der Waals surface area contributed by atoms with Gasteiger partial charge in [-0.3, -0.25) is 0 Å². The van der Waals surface area contributed by atoms with Gasteiger partial charge in [0.25, 0.3) is 0 Å². The van der Waals surface area contributed by atoms with E-state index < -0.39 is 0 Å². The zero-order chi connectivity index (χ0) is 12.4. The van der Waals surface area contributed by atoms with Gasteiger partial charge in [0.05, 0.1) is 0 Å². The molecule has 0 aromatic rings. The van der Waals surface area contributed by atoms with Crippen molar-refractivity contribution < 1.29 is 0 Å². The summed E-state index contributed by atoms with van der Waals surface area (Å²) in [5, 5.41) is 3.52. The fourth-order valence-electron chi connectivity index (χ4n) is 4.64. The van der Waals surface area contributed by atoms with E-state index in [2.05, 4.69) is 17.1 Å². The molecule has 18 heavy (non-hydrogen) atoms. The first-order chi connectivity index (χ1) is 8.76. The Morgan fingerprint density at radius 3 is 2.78 bits per heavy atom. The molecule has 104 valence electrons. The van der Waals surface area contributed by atoms with Crippen LogP contribution < -0.4 is 5.32 Å². The smallest absolute Gasteiger partial charge is 0.00395 e. The first-order valence-corrected chi connectivity index (χ1v) is 8.19. The Bertz CT molecular complexity index is 270. The van der Waals surface area contributed by atoms with Gasteiger partial charge >= 0.3 is 0 Å². The van der Waals surface area contributed by atoms with Crippen LogP contribution in [0.2, 0.25) is 0 Å². The van der Waals surface area contributed by atoms with Gasteiger partial charge in [-0.05, 0) is 69.0 Å². The average molecular weight is 250 g/mol. The third-order valence-electron chi connectivity index (χ3n) is 5.74. The van der Waals surface area contributed by atoms with Crippen LogP contribution in [0, 0.1) is 17.3 Å². The van der Waals surface area contributed by atoms with Crippen molar-refractivity contribution >= 4 is 0 Å². The minimum absolute atomic E-state index is 0.700. The molecule has 2 heteroatoms. The molecule has 2 heterocycles. The third kappa shape index (κ3) is 2.91. The summed E-state index contributed by atoms with van der Waals surface area (Å²) < 4.78 is 0. The third-order valence-corrected chi connectivity index (χ3v) is 5.74. The van der Waals surface area contributed by atoms with Gasteiger partial charge in [-0.25, -0.2) is 0 Å². The Morgan fingerprint density at radius 2 is 2.00 bits per heavy atom. The Labute approximate surface area is 113 Å². The van der Waals surface area contributed by atoms with Crippen LogP contribution >= 0.6 is 0 Å². The molecular weight excluding hydrogens is 220 g/mol. The quantitative estimate of drug-likeness (QED) is 0.810. The minimum Gasteiger partial charge on any atom is -0.317 e. The maximum Gasteiger partial charge on any atom is 0.00395 e. The predicted octanol–water partition coefficient (Wildman–Crippen LogP) is 2.89. The van der Waals surface area contributed by atoms with Crippen molar-refractivity contribution in [1.29, 1.82) is 0 Å². The molecule has 3 fully saturated rings. The molecule has 0 aromatic heterocycles. The van der Waals surface area contributed by atoms with Crippen molar-refractivity contribution in [2.24, 2.45) is 17.3 Å². The Hall–Kier alpha value is -0.0800. The lowest BCUT2D eigenvalue weighted by molar-refractivity contribution is 0.164. The zero-order valence-corrected chi connectivity index (χ0v) is 12.1.